The number of carbonyl (C=O) groups is 2. The van der Waals surface area contributed by atoms with Crippen molar-refractivity contribution in [1.29, 1.82) is 0 Å². The molecular formula is C19H23N3O2. The second-order valence-corrected chi connectivity index (χ2v) is 5.53. The molecule has 0 radical (unpaired) electrons. The van der Waals surface area contributed by atoms with Gasteiger partial charge in [-0.05, 0) is 36.8 Å². The summed E-state index contributed by atoms with van der Waals surface area (Å²) in [6, 6.07) is 16.0. The van der Waals surface area contributed by atoms with Crippen LogP contribution in [0.5, 0.6) is 0 Å². The molecule has 2 rings (SSSR count). The number of urea groups is 1. The minimum atomic E-state index is -0.326. The van der Waals surface area contributed by atoms with Crippen molar-refractivity contribution in [2.24, 2.45) is 0 Å². The third-order valence-electron chi connectivity index (χ3n) is 3.44. The van der Waals surface area contributed by atoms with Gasteiger partial charge in [-0.15, -0.1) is 0 Å². The third kappa shape index (κ3) is 6.12. The van der Waals surface area contributed by atoms with E-state index in [2.05, 4.69) is 22.9 Å². The van der Waals surface area contributed by atoms with Gasteiger partial charge in [0.2, 0.25) is 5.91 Å². The Morgan fingerprint density at radius 3 is 2.12 bits per heavy atom. The van der Waals surface area contributed by atoms with Crippen molar-refractivity contribution in [2.45, 2.75) is 32.6 Å². The monoisotopic (exact) mass is 325 g/mol. The Balaban J connectivity index is 1.87. The predicted molar refractivity (Wildman–Crippen MR) is 98.3 cm³/mol. The van der Waals surface area contributed by atoms with Crippen LogP contribution in [0.15, 0.2) is 54.6 Å². The zero-order valence-corrected chi connectivity index (χ0v) is 13.8. The minimum Gasteiger partial charge on any atom is -0.326 e. The van der Waals surface area contributed by atoms with Crippen LogP contribution >= 0.6 is 0 Å². The van der Waals surface area contributed by atoms with E-state index in [4.69, 9.17) is 0 Å². The van der Waals surface area contributed by atoms with Crippen LogP contribution in [0.25, 0.3) is 0 Å². The molecule has 0 aromatic heterocycles. The van der Waals surface area contributed by atoms with Gasteiger partial charge in [-0.25, -0.2) is 4.79 Å². The molecule has 0 aliphatic rings. The van der Waals surface area contributed by atoms with E-state index in [0.717, 1.165) is 24.9 Å². The molecule has 2 aromatic carbocycles. The summed E-state index contributed by atoms with van der Waals surface area (Å²) in [5.41, 5.74) is 2.01. The molecule has 5 heteroatoms. The number of carbonyl (C=O) groups excluding carboxylic acids is 2. The van der Waals surface area contributed by atoms with Gasteiger partial charge in [-0.3, -0.25) is 4.79 Å². The zero-order chi connectivity index (χ0) is 17.2. The summed E-state index contributed by atoms with van der Waals surface area (Å²) >= 11 is 0. The molecule has 126 valence electrons. The number of anilines is 3. The normalized spacial score (nSPS) is 10.0. The van der Waals surface area contributed by atoms with Crippen LogP contribution in [0.2, 0.25) is 0 Å². The van der Waals surface area contributed by atoms with Crippen LogP contribution in [0.4, 0.5) is 21.9 Å². The standard InChI is InChI=1S/C19H23N3O2/c1-2-3-5-13-18(23)20-16-11-8-12-17(14-16)22-19(24)21-15-9-6-4-7-10-15/h4,6-12,14H,2-3,5,13H2,1H3,(H,20,23)(H2,21,22,24). The first-order valence-corrected chi connectivity index (χ1v) is 8.20. The van der Waals surface area contributed by atoms with Crippen molar-refractivity contribution in [2.75, 3.05) is 16.0 Å². The quantitative estimate of drug-likeness (QED) is 0.637. The molecule has 0 spiro atoms. The number of para-hydroxylation sites is 1. The smallest absolute Gasteiger partial charge is 0.323 e. The Bertz CT molecular complexity index is 671. The molecule has 0 bridgehead atoms. The third-order valence-corrected chi connectivity index (χ3v) is 3.44. The van der Waals surface area contributed by atoms with E-state index in [0.29, 0.717) is 17.8 Å². The second kappa shape index (κ2) is 9.35. The Morgan fingerprint density at radius 1 is 0.792 bits per heavy atom. The van der Waals surface area contributed by atoms with E-state index < -0.39 is 0 Å². The number of benzene rings is 2. The van der Waals surface area contributed by atoms with Crippen LogP contribution < -0.4 is 16.0 Å². The second-order valence-electron chi connectivity index (χ2n) is 5.53. The molecule has 5 nitrogen and oxygen atoms in total. The Morgan fingerprint density at radius 2 is 1.42 bits per heavy atom. The molecule has 3 N–H and O–H groups in total. The highest BCUT2D eigenvalue weighted by Gasteiger charge is 2.05. The molecule has 0 aliphatic heterocycles. The van der Waals surface area contributed by atoms with E-state index in [-0.39, 0.29) is 11.9 Å². The molecule has 0 saturated heterocycles. The number of hydrogen-bond donors (Lipinski definition) is 3. The SMILES string of the molecule is CCCCCC(=O)Nc1cccc(NC(=O)Nc2ccccc2)c1. The van der Waals surface area contributed by atoms with Crippen molar-refractivity contribution < 1.29 is 9.59 Å². The number of rotatable bonds is 7. The van der Waals surface area contributed by atoms with Crippen LogP contribution in [0.1, 0.15) is 32.6 Å². The molecule has 3 amide bonds. The first-order chi connectivity index (χ1) is 11.7. The van der Waals surface area contributed by atoms with E-state index in [1.807, 2.05) is 30.3 Å². The Labute approximate surface area is 142 Å². The number of hydrogen-bond acceptors (Lipinski definition) is 2. The van der Waals surface area contributed by atoms with Crippen molar-refractivity contribution in [3.63, 3.8) is 0 Å². The fraction of sp³-hybridized carbons (Fsp3) is 0.263. The van der Waals surface area contributed by atoms with Crippen molar-refractivity contribution >= 4 is 29.0 Å². The zero-order valence-electron chi connectivity index (χ0n) is 13.8. The van der Waals surface area contributed by atoms with Crippen molar-refractivity contribution in [3.05, 3.63) is 54.6 Å². The lowest BCUT2D eigenvalue weighted by Gasteiger charge is -2.10. The summed E-state index contributed by atoms with van der Waals surface area (Å²) < 4.78 is 0. The average Bonchev–Trinajstić information content (AvgIpc) is 2.56. The predicted octanol–water partition coefficient (Wildman–Crippen LogP) is 4.85. The maximum Gasteiger partial charge on any atom is 0.323 e. The lowest BCUT2D eigenvalue weighted by Crippen LogP contribution is -2.19. The van der Waals surface area contributed by atoms with Crippen molar-refractivity contribution in [3.8, 4) is 0 Å². The van der Waals surface area contributed by atoms with Crippen LogP contribution in [0.3, 0.4) is 0 Å². The van der Waals surface area contributed by atoms with Gasteiger partial charge in [-0.2, -0.15) is 0 Å². The first kappa shape index (κ1) is 17.5. The molecular weight excluding hydrogens is 302 g/mol. The van der Waals surface area contributed by atoms with Gasteiger partial charge in [0.25, 0.3) is 0 Å². The molecule has 24 heavy (non-hydrogen) atoms. The fourth-order valence-corrected chi connectivity index (χ4v) is 2.25. The van der Waals surface area contributed by atoms with Gasteiger partial charge in [0, 0.05) is 23.5 Å². The summed E-state index contributed by atoms with van der Waals surface area (Å²) in [4.78, 5) is 23.8. The van der Waals surface area contributed by atoms with Gasteiger partial charge in [-0.1, -0.05) is 44.0 Å². The summed E-state index contributed by atoms with van der Waals surface area (Å²) in [6.07, 6.45) is 3.54. The first-order valence-electron chi connectivity index (χ1n) is 8.20. The van der Waals surface area contributed by atoms with Gasteiger partial charge >= 0.3 is 6.03 Å². The summed E-state index contributed by atoms with van der Waals surface area (Å²) in [7, 11) is 0. The summed E-state index contributed by atoms with van der Waals surface area (Å²) in [6.45, 7) is 2.10. The largest absolute Gasteiger partial charge is 0.326 e. The Kier molecular flexibility index (Phi) is 6.83. The topological polar surface area (TPSA) is 70.2 Å². The van der Waals surface area contributed by atoms with E-state index in [1.165, 1.54) is 0 Å². The average molecular weight is 325 g/mol. The maximum atomic E-state index is 12.0. The van der Waals surface area contributed by atoms with Crippen LogP contribution in [-0.4, -0.2) is 11.9 Å². The highest BCUT2D eigenvalue weighted by atomic mass is 16.2. The molecule has 0 heterocycles. The van der Waals surface area contributed by atoms with Gasteiger partial charge in [0.05, 0.1) is 0 Å². The van der Waals surface area contributed by atoms with E-state index >= 15 is 0 Å². The van der Waals surface area contributed by atoms with E-state index in [1.54, 1.807) is 24.3 Å². The van der Waals surface area contributed by atoms with E-state index in [9.17, 15) is 9.59 Å². The minimum absolute atomic E-state index is 0.00524. The fourth-order valence-electron chi connectivity index (χ4n) is 2.25. The molecule has 0 atom stereocenters. The Hall–Kier alpha value is -2.82. The van der Waals surface area contributed by atoms with Crippen molar-refractivity contribution in [1.82, 2.24) is 0 Å². The van der Waals surface area contributed by atoms with Crippen LogP contribution in [-0.2, 0) is 4.79 Å². The molecule has 0 fully saturated rings. The number of unbranched alkanes of at least 4 members (excludes halogenated alkanes) is 2. The lowest BCUT2D eigenvalue weighted by atomic mass is 10.2. The molecule has 2 aromatic rings. The lowest BCUT2D eigenvalue weighted by molar-refractivity contribution is -0.116. The number of amides is 3. The van der Waals surface area contributed by atoms with Gasteiger partial charge in [0.15, 0.2) is 0 Å². The molecule has 0 saturated carbocycles. The number of nitrogens with one attached hydrogen (secondary N) is 3. The highest BCUT2D eigenvalue weighted by molar-refractivity contribution is 6.00. The van der Waals surface area contributed by atoms with Crippen LogP contribution in [0, 0.1) is 0 Å². The molecule has 0 aliphatic carbocycles. The summed E-state index contributed by atoms with van der Waals surface area (Å²) in [5, 5.41) is 8.36. The summed E-state index contributed by atoms with van der Waals surface area (Å²) in [5.74, 6) is -0.00524. The van der Waals surface area contributed by atoms with Gasteiger partial charge in [0.1, 0.15) is 0 Å². The maximum absolute atomic E-state index is 12.0. The highest BCUT2D eigenvalue weighted by Crippen LogP contribution is 2.16. The molecule has 0 unspecified atom stereocenters. The van der Waals surface area contributed by atoms with Gasteiger partial charge < -0.3 is 16.0 Å².